The van der Waals surface area contributed by atoms with Crippen molar-refractivity contribution in [3.05, 3.63) is 0 Å². The largest absolute Gasteiger partial charge is 0.369 e. The molecule has 0 unspecified atom stereocenters. The smallest absolute Gasteiger partial charge is 0.221 e. The van der Waals surface area contributed by atoms with Crippen LogP contribution in [0.4, 0.5) is 0 Å². The second kappa shape index (κ2) is 4.36. The number of carbonyl (C=O) groups is 1. The average Bonchev–Trinajstić information content (AvgIpc) is 2.66. The van der Waals surface area contributed by atoms with Crippen LogP contribution >= 0.6 is 0 Å². The molecule has 0 aromatic heterocycles. The third-order valence-electron chi connectivity index (χ3n) is 4.45. The van der Waals surface area contributed by atoms with Crippen molar-refractivity contribution in [3.8, 4) is 0 Å². The van der Waals surface area contributed by atoms with Gasteiger partial charge in [-0.15, -0.1) is 0 Å². The first-order chi connectivity index (χ1) is 7.48. The van der Waals surface area contributed by atoms with E-state index in [1.165, 1.54) is 25.7 Å². The topological polar surface area (TPSA) is 46.3 Å². The maximum absolute atomic E-state index is 11.1. The highest BCUT2D eigenvalue weighted by molar-refractivity contribution is 5.77. The second-order valence-electron chi connectivity index (χ2n) is 6.28. The summed E-state index contributed by atoms with van der Waals surface area (Å²) in [5, 5.41) is 0. The average molecular weight is 224 g/mol. The predicted octanol–water partition coefficient (Wildman–Crippen LogP) is 1.76. The first-order valence-corrected chi connectivity index (χ1v) is 6.51. The van der Waals surface area contributed by atoms with E-state index in [1.807, 2.05) is 0 Å². The van der Waals surface area contributed by atoms with Crippen LogP contribution in [0.2, 0.25) is 0 Å². The van der Waals surface area contributed by atoms with Gasteiger partial charge < -0.3 is 5.73 Å². The minimum Gasteiger partial charge on any atom is -0.369 e. The Bertz CT molecular complexity index is 265. The van der Waals surface area contributed by atoms with E-state index in [0.29, 0.717) is 11.5 Å². The molecule has 2 rings (SSSR count). The molecule has 1 heterocycles. The molecular weight excluding hydrogens is 200 g/mol. The Balaban J connectivity index is 1.85. The zero-order chi connectivity index (χ0) is 11.8. The summed E-state index contributed by atoms with van der Waals surface area (Å²) in [6.45, 7) is 6.69. The number of hydrogen-bond acceptors (Lipinski definition) is 2. The van der Waals surface area contributed by atoms with Gasteiger partial charge in [-0.05, 0) is 44.1 Å². The first kappa shape index (κ1) is 11.9. The van der Waals surface area contributed by atoms with Gasteiger partial charge in [-0.3, -0.25) is 9.69 Å². The molecule has 3 heteroatoms. The summed E-state index contributed by atoms with van der Waals surface area (Å²) >= 11 is 0. The van der Waals surface area contributed by atoms with Crippen LogP contribution in [0.3, 0.4) is 0 Å². The molecule has 1 aliphatic carbocycles. The highest BCUT2D eigenvalue weighted by atomic mass is 16.1. The van der Waals surface area contributed by atoms with Crippen LogP contribution in [0.5, 0.6) is 0 Å². The van der Waals surface area contributed by atoms with Crippen molar-refractivity contribution < 1.29 is 4.79 Å². The van der Waals surface area contributed by atoms with Crippen LogP contribution in [0.25, 0.3) is 0 Å². The summed E-state index contributed by atoms with van der Waals surface area (Å²) in [4.78, 5) is 13.6. The molecule has 16 heavy (non-hydrogen) atoms. The highest BCUT2D eigenvalue weighted by Crippen LogP contribution is 2.38. The van der Waals surface area contributed by atoms with Crippen LogP contribution in [0.15, 0.2) is 0 Å². The molecule has 1 aliphatic heterocycles. The highest BCUT2D eigenvalue weighted by Gasteiger charge is 2.34. The predicted molar refractivity (Wildman–Crippen MR) is 64.9 cm³/mol. The molecule has 2 N–H and O–H groups in total. The molecule has 0 bridgehead atoms. The number of primary amides is 1. The maximum atomic E-state index is 11.1. The van der Waals surface area contributed by atoms with E-state index < -0.39 is 0 Å². The van der Waals surface area contributed by atoms with E-state index >= 15 is 0 Å². The number of carbonyl (C=O) groups excluding carboxylic acids is 1. The van der Waals surface area contributed by atoms with E-state index in [9.17, 15) is 4.79 Å². The molecule has 0 radical (unpaired) electrons. The Morgan fingerprint density at radius 3 is 2.38 bits per heavy atom. The van der Waals surface area contributed by atoms with Crippen molar-refractivity contribution in [2.45, 2.75) is 52.0 Å². The summed E-state index contributed by atoms with van der Waals surface area (Å²) < 4.78 is 0. The molecule has 1 amide bonds. The molecule has 2 fully saturated rings. The lowest BCUT2D eigenvalue weighted by Gasteiger charge is -2.38. The lowest BCUT2D eigenvalue weighted by Crippen LogP contribution is -2.39. The van der Waals surface area contributed by atoms with Crippen LogP contribution in [0, 0.1) is 11.3 Å². The van der Waals surface area contributed by atoms with Gasteiger partial charge in [0, 0.05) is 12.6 Å². The maximum Gasteiger partial charge on any atom is 0.221 e. The van der Waals surface area contributed by atoms with Gasteiger partial charge in [0.1, 0.15) is 0 Å². The third kappa shape index (κ3) is 2.57. The fourth-order valence-electron chi connectivity index (χ4n) is 3.10. The minimum atomic E-state index is -0.112. The van der Waals surface area contributed by atoms with Crippen molar-refractivity contribution in [1.29, 1.82) is 0 Å². The van der Waals surface area contributed by atoms with E-state index in [0.717, 1.165) is 19.5 Å². The van der Waals surface area contributed by atoms with Crippen molar-refractivity contribution in [3.63, 3.8) is 0 Å². The number of likely N-dealkylation sites (tertiary alicyclic amines) is 1. The summed E-state index contributed by atoms with van der Waals surface area (Å²) in [5.74, 6) is -0.00595. The van der Waals surface area contributed by atoms with Crippen molar-refractivity contribution >= 4 is 5.91 Å². The van der Waals surface area contributed by atoms with Crippen LogP contribution in [-0.4, -0.2) is 29.9 Å². The summed E-state index contributed by atoms with van der Waals surface area (Å²) in [6, 6.07) is 0.706. The molecule has 0 aromatic carbocycles. The van der Waals surface area contributed by atoms with Crippen molar-refractivity contribution in [2.24, 2.45) is 17.1 Å². The van der Waals surface area contributed by atoms with Crippen LogP contribution < -0.4 is 5.73 Å². The molecule has 0 spiro atoms. The Hall–Kier alpha value is -0.570. The standard InChI is InChI=1S/C13H24N2O/c1-13(2)6-3-11(4-7-13)15-8-5-10(9-15)12(14)16/h10-11H,3-9H2,1-2H3,(H2,14,16)/t10-/m1/s1. The van der Waals surface area contributed by atoms with E-state index in [2.05, 4.69) is 18.7 Å². The molecule has 1 saturated carbocycles. The molecule has 1 saturated heterocycles. The molecule has 92 valence electrons. The van der Waals surface area contributed by atoms with Crippen LogP contribution in [-0.2, 0) is 4.79 Å². The number of nitrogens with zero attached hydrogens (tertiary/aromatic N) is 1. The summed E-state index contributed by atoms with van der Waals surface area (Å²) in [5.41, 5.74) is 5.89. The van der Waals surface area contributed by atoms with Gasteiger partial charge in [-0.1, -0.05) is 13.8 Å². The van der Waals surface area contributed by atoms with E-state index in [-0.39, 0.29) is 11.8 Å². The van der Waals surface area contributed by atoms with Gasteiger partial charge in [0.15, 0.2) is 0 Å². The number of rotatable bonds is 2. The van der Waals surface area contributed by atoms with Gasteiger partial charge in [0.2, 0.25) is 5.91 Å². The zero-order valence-electron chi connectivity index (χ0n) is 10.5. The van der Waals surface area contributed by atoms with Gasteiger partial charge in [-0.25, -0.2) is 0 Å². The molecule has 3 nitrogen and oxygen atoms in total. The first-order valence-electron chi connectivity index (χ1n) is 6.51. The molecule has 0 aromatic rings. The summed E-state index contributed by atoms with van der Waals surface area (Å²) in [7, 11) is 0. The Labute approximate surface area is 98.4 Å². The van der Waals surface area contributed by atoms with Crippen molar-refractivity contribution in [2.75, 3.05) is 13.1 Å². The fourth-order valence-corrected chi connectivity index (χ4v) is 3.10. The molecule has 2 aliphatic rings. The number of hydrogen-bond donors (Lipinski definition) is 1. The Morgan fingerprint density at radius 1 is 1.25 bits per heavy atom. The quantitative estimate of drug-likeness (QED) is 0.777. The molecular formula is C13H24N2O. The minimum absolute atomic E-state index is 0.106. The second-order valence-corrected chi connectivity index (χ2v) is 6.28. The van der Waals surface area contributed by atoms with Gasteiger partial charge in [-0.2, -0.15) is 0 Å². The lowest BCUT2D eigenvalue weighted by molar-refractivity contribution is -0.121. The monoisotopic (exact) mass is 224 g/mol. The Morgan fingerprint density at radius 2 is 1.88 bits per heavy atom. The van der Waals surface area contributed by atoms with Gasteiger partial charge in [0.05, 0.1) is 5.92 Å². The molecule has 1 atom stereocenters. The van der Waals surface area contributed by atoms with Gasteiger partial charge >= 0.3 is 0 Å². The van der Waals surface area contributed by atoms with Gasteiger partial charge in [0.25, 0.3) is 0 Å². The zero-order valence-corrected chi connectivity index (χ0v) is 10.5. The lowest BCUT2D eigenvalue weighted by atomic mass is 9.75. The van der Waals surface area contributed by atoms with Crippen molar-refractivity contribution in [1.82, 2.24) is 4.90 Å². The third-order valence-corrected chi connectivity index (χ3v) is 4.45. The van der Waals surface area contributed by atoms with Crippen LogP contribution in [0.1, 0.15) is 46.0 Å². The number of amides is 1. The SMILES string of the molecule is CC1(C)CCC(N2CC[C@@H](C(N)=O)C2)CC1. The Kier molecular flexibility index (Phi) is 3.24. The van der Waals surface area contributed by atoms with E-state index in [4.69, 9.17) is 5.73 Å². The summed E-state index contributed by atoms with van der Waals surface area (Å²) in [6.07, 6.45) is 6.18. The fraction of sp³-hybridized carbons (Fsp3) is 0.923. The van der Waals surface area contributed by atoms with E-state index in [1.54, 1.807) is 0 Å². The number of nitrogens with two attached hydrogens (primary N) is 1. The normalized spacial score (nSPS) is 31.8.